The molecule has 3 nitrogen and oxygen atoms in total. The lowest BCUT2D eigenvalue weighted by Crippen LogP contribution is -2.36. The van der Waals surface area contributed by atoms with Crippen LogP contribution in [0.4, 0.5) is 0 Å². The molecule has 0 aliphatic carbocycles. The first-order chi connectivity index (χ1) is 8.22. The second kappa shape index (κ2) is 5.96. The van der Waals surface area contributed by atoms with Crippen molar-refractivity contribution in [1.29, 1.82) is 0 Å². The minimum atomic E-state index is 0.219. The van der Waals surface area contributed by atoms with Crippen molar-refractivity contribution in [3.8, 4) is 0 Å². The van der Waals surface area contributed by atoms with E-state index < -0.39 is 0 Å². The number of ether oxygens (including phenoxy) is 1. The van der Waals surface area contributed by atoms with Crippen molar-refractivity contribution in [2.45, 2.75) is 25.8 Å². The SMILES string of the molecule is Cc1ccc(Br)cc1C(NN)C1CCOCC1. The van der Waals surface area contributed by atoms with Crippen molar-refractivity contribution in [3.05, 3.63) is 33.8 Å². The molecule has 1 heterocycles. The lowest BCUT2D eigenvalue weighted by molar-refractivity contribution is 0.0535. The van der Waals surface area contributed by atoms with E-state index in [-0.39, 0.29) is 6.04 Å². The average molecular weight is 299 g/mol. The minimum absolute atomic E-state index is 0.219. The molecular weight excluding hydrogens is 280 g/mol. The number of nitrogens with two attached hydrogens (primary N) is 1. The van der Waals surface area contributed by atoms with Crippen LogP contribution in [0.2, 0.25) is 0 Å². The van der Waals surface area contributed by atoms with Gasteiger partial charge < -0.3 is 4.74 Å². The third-order valence-electron chi connectivity index (χ3n) is 3.49. The van der Waals surface area contributed by atoms with E-state index in [4.69, 9.17) is 10.6 Å². The van der Waals surface area contributed by atoms with Crippen molar-refractivity contribution in [1.82, 2.24) is 5.43 Å². The summed E-state index contributed by atoms with van der Waals surface area (Å²) in [7, 11) is 0. The lowest BCUT2D eigenvalue weighted by Gasteiger charge is -2.31. The zero-order valence-corrected chi connectivity index (χ0v) is 11.7. The maximum Gasteiger partial charge on any atom is 0.0492 e. The van der Waals surface area contributed by atoms with E-state index in [1.54, 1.807) is 0 Å². The Balaban J connectivity index is 2.24. The predicted octanol–water partition coefficient (Wildman–Crippen LogP) is 2.69. The van der Waals surface area contributed by atoms with Crippen molar-refractivity contribution in [2.24, 2.45) is 11.8 Å². The molecule has 0 aromatic heterocycles. The Hall–Kier alpha value is -0.420. The van der Waals surface area contributed by atoms with Crippen molar-refractivity contribution >= 4 is 15.9 Å². The van der Waals surface area contributed by atoms with Crippen molar-refractivity contribution in [2.75, 3.05) is 13.2 Å². The number of halogens is 1. The van der Waals surface area contributed by atoms with Gasteiger partial charge in [-0.05, 0) is 48.9 Å². The number of aryl methyl sites for hydroxylation is 1. The topological polar surface area (TPSA) is 47.3 Å². The Bertz CT molecular complexity index is 378. The Kier molecular flexibility index (Phi) is 4.56. The van der Waals surface area contributed by atoms with E-state index >= 15 is 0 Å². The minimum Gasteiger partial charge on any atom is -0.381 e. The monoisotopic (exact) mass is 298 g/mol. The van der Waals surface area contributed by atoms with Crippen LogP contribution < -0.4 is 11.3 Å². The number of hydrazine groups is 1. The van der Waals surface area contributed by atoms with E-state index in [1.807, 2.05) is 0 Å². The van der Waals surface area contributed by atoms with Crippen LogP contribution in [-0.2, 0) is 4.74 Å². The molecule has 2 rings (SSSR count). The maximum atomic E-state index is 5.75. The highest BCUT2D eigenvalue weighted by Gasteiger charge is 2.25. The highest BCUT2D eigenvalue weighted by molar-refractivity contribution is 9.10. The fraction of sp³-hybridized carbons (Fsp3) is 0.538. The molecule has 0 amide bonds. The third kappa shape index (κ3) is 3.07. The molecule has 1 unspecified atom stereocenters. The van der Waals surface area contributed by atoms with E-state index in [0.717, 1.165) is 30.5 Å². The molecule has 1 atom stereocenters. The summed E-state index contributed by atoms with van der Waals surface area (Å²) < 4.78 is 6.51. The summed E-state index contributed by atoms with van der Waals surface area (Å²) in [6.07, 6.45) is 2.14. The Morgan fingerprint density at radius 3 is 2.76 bits per heavy atom. The summed E-state index contributed by atoms with van der Waals surface area (Å²) in [6.45, 7) is 3.82. The van der Waals surface area contributed by atoms with Gasteiger partial charge >= 0.3 is 0 Å². The second-order valence-electron chi connectivity index (χ2n) is 4.60. The Morgan fingerprint density at radius 2 is 2.12 bits per heavy atom. The van der Waals surface area contributed by atoms with Gasteiger partial charge in [0.1, 0.15) is 0 Å². The molecule has 17 heavy (non-hydrogen) atoms. The molecule has 0 bridgehead atoms. The molecular formula is C13H19BrN2O. The molecule has 0 radical (unpaired) electrons. The number of nitrogens with one attached hydrogen (secondary N) is 1. The quantitative estimate of drug-likeness (QED) is 0.666. The van der Waals surface area contributed by atoms with E-state index in [0.29, 0.717) is 5.92 Å². The summed E-state index contributed by atoms with van der Waals surface area (Å²) in [5, 5.41) is 0. The molecule has 1 aromatic carbocycles. The van der Waals surface area contributed by atoms with Crippen LogP contribution in [0, 0.1) is 12.8 Å². The first-order valence-corrected chi connectivity index (χ1v) is 6.81. The van der Waals surface area contributed by atoms with Crippen molar-refractivity contribution < 1.29 is 4.74 Å². The van der Waals surface area contributed by atoms with E-state index in [9.17, 15) is 0 Å². The Labute approximate surface area is 111 Å². The van der Waals surface area contributed by atoms with Gasteiger partial charge in [0.15, 0.2) is 0 Å². The summed E-state index contributed by atoms with van der Waals surface area (Å²) in [5.41, 5.74) is 5.55. The standard InChI is InChI=1S/C13H19BrN2O/c1-9-2-3-11(14)8-12(9)13(16-15)10-4-6-17-7-5-10/h2-3,8,10,13,16H,4-7,15H2,1H3. The van der Waals surface area contributed by atoms with Gasteiger partial charge in [-0.15, -0.1) is 0 Å². The Morgan fingerprint density at radius 1 is 1.41 bits per heavy atom. The number of hydrogen-bond donors (Lipinski definition) is 2. The maximum absolute atomic E-state index is 5.75. The first-order valence-electron chi connectivity index (χ1n) is 6.02. The molecule has 4 heteroatoms. The summed E-state index contributed by atoms with van der Waals surface area (Å²) in [4.78, 5) is 0. The molecule has 1 fully saturated rings. The van der Waals surface area contributed by atoms with Crippen LogP contribution in [-0.4, -0.2) is 13.2 Å². The van der Waals surface area contributed by atoms with E-state index in [1.165, 1.54) is 11.1 Å². The molecule has 1 aliphatic heterocycles. The lowest BCUT2D eigenvalue weighted by atomic mass is 9.86. The number of rotatable bonds is 3. The third-order valence-corrected chi connectivity index (χ3v) is 3.99. The van der Waals surface area contributed by atoms with Crippen molar-refractivity contribution in [3.63, 3.8) is 0 Å². The molecule has 1 aliphatic rings. The van der Waals surface area contributed by atoms with Crippen LogP contribution in [0.1, 0.15) is 30.0 Å². The highest BCUT2D eigenvalue weighted by atomic mass is 79.9. The van der Waals surface area contributed by atoms with E-state index in [2.05, 4.69) is 46.5 Å². The predicted molar refractivity (Wildman–Crippen MR) is 72.5 cm³/mol. The zero-order chi connectivity index (χ0) is 12.3. The smallest absolute Gasteiger partial charge is 0.0492 e. The fourth-order valence-electron chi connectivity index (χ4n) is 2.48. The van der Waals surface area contributed by atoms with Gasteiger partial charge in [-0.3, -0.25) is 11.3 Å². The average Bonchev–Trinajstić information content (AvgIpc) is 2.36. The first kappa shape index (κ1) is 13.0. The molecule has 94 valence electrons. The number of hydrogen-bond acceptors (Lipinski definition) is 3. The van der Waals surface area contributed by atoms with Crippen LogP contribution >= 0.6 is 15.9 Å². The highest BCUT2D eigenvalue weighted by Crippen LogP contribution is 2.32. The summed E-state index contributed by atoms with van der Waals surface area (Å²) >= 11 is 3.52. The normalized spacial score (nSPS) is 19.2. The molecule has 3 N–H and O–H groups in total. The largest absolute Gasteiger partial charge is 0.381 e. The zero-order valence-electron chi connectivity index (χ0n) is 10.1. The number of benzene rings is 1. The van der Waals surface area contributed by atoms with Gasteiger partial charge in [0, 0.05) is 23.7 Å². The molecule has 0 saturated carbocycles. The summed E-state index contributed by atoms with van der Waals surface area (Å²) in [6, 6.07) is 6.57. The summed E-state index contributed by atoms with van der Waals surface area (Å²) in [5.74, 6) is 6.31. The van der Waals surface area contributed by atoms with Gasteiger partial charge in [0.25, 0.3) is 0 Å². The van der Waals surface area contributed by atoms with Gasteiger partial charge in [-0.2, -0.15) is 0 Å². The van der Waals surface area contributed by atoms with Crippen LogP contribution in [0.5, 0.6) is 0 Å². The van der Waals surface area contributed by atoms with Crippen LogP contribution in [0.15, 0.2) is 22.7 Å². The van der Waals surface area contributed by atoms with Gasteiger partial charge in [0.05, 0.1) is 0 Å². The molecule has 0 spiro atoms. The molecule has 1 aromatic rings. The van der Waals surface area contributed by atoms with Crippen LogP contribution in [0.25, 0.3) is 0 Å². The molecule has 1 saturated heterocycles. The van der Waals surface area contributed by atoms with Gasteiger partial charge in [-0.25, -0.2) is 0 Å². The second-order valence-corrected chi connectivity index (χ2v) is 5.51. The van der Waals surface area contributed by atoms with Gasteiger partial charge in [0.2, 0.25) is 0 Å². The fourth-order valence-corrected chi connectivity index (χ4v) is 2.85. The van der Waals surface area contributed by atoms with Gasteiger partial charge in [-0.1, -0.05) is 22.0 Å². The van der Waals surface area contributed by atoms with Crippen LogP contribution in [0.3, 0.4) is 0 Å².